The molecule has 9 heteroatoms. The molecule has 0 saturated carbocycles. The van der Waals surface area contributed by atoms with Crippen molar-refractivity contribution in [3.05, 3.63) is 92.6 Å². The maximum atomic E-state index is 12.8. The molecule has 158 valence electrons. The Morgan fingerprint density at radius 3 is 2.29 bits per heavy atom. The van der Waals surface area contributed by atoms with Gasteiger partial charge < -0.3 is 5.32 Å². The number of amides is 1. The molecule has 2 heterocycles. The minimum atomic E-state index is -0.169. The van der Waals surface area contributed by atoms with Gasteiger partial charge in [0.2, 0.25) is 5.91 Å². The molecule has 2 aromatic carbocycles. The van der Waals surface area contributed by atoms with E-state index >= 15 is 0 Å². The lowest BCUT2D eigenvalue weighted by molar-refractivity contribution is -0.120. The highest BCUT2D eigenvalue weighted by Crippen LogP contribution is 2.12. The van der Waals surface area contributed by atoms with Crippen molar-refractivity contribution in [2.24, 2.45) is 0 Å². The molecule has 1 amide bonds. The smallest absolute Gasteiger partial charge is 0.264 e. The molecule has 0 fully saturated rings. The zero-order valence-corrected chi connectivity index (χ0v) is 18.0. The largest absolute Gasteiger partial charge is 0.354 e. The van der Waals surface area contributed by atoms with E-state index in [1.165, 1.54) is 17.1 Å². The Labute approximate surface area is 188 Å². The number of halogens is 2. The third kappa shape index (κ3) is 5.13. The molecule has 7 nitrogen and oxygen atoms in total. The minimum absolute atomic E-state index is 0.0999. The van der Waals surface area contributed by atoms with Gasteiger partial charge in [-0.25, -0.2) is 9.67 Å². The lowest BCUT2D eigenvalue weighted by Gasteiger charge is -2.08. The average Bonchev–Trinajstić information content (AvgIpc) is 3.17. The standard InChI is InChI=1S/C22H19Cl2N5O2/c23-17-5-1-15(2-6-17)11-20(30)25-9-10-29-21-19(12-27-29)22(31)28(14-26-21)13-16-3-7-18(24)8-4-16/h1-8,12,14H,9-11,13H2,(H,25,30). The van der Waals surface area contributed by atoms with Crippen molar-refractivity contribution >= 4 is 40.1 Å². The summed E-state index contributed by atoms with van der Waals surface area (Å²) in [6.45, 7) is 1.17. The Morgan fingerprint density at radius 1 is 0.968 bits per heavy atom. The summed E-state index contributed by atoms with van der Waals surface area (Å²) < 4.78 is 3.15. The fourth-order valence-corrected chi connectivity index (χ4v) is 3.46. The second kappa shape index (κ2) is 9.32. The second-order valence-electron chi connectivity index (χ2n) is 7.06. The third-order valence-electron chi connectivity index (χ3n) is 4.81. The van der Waals surface area contributed by atoms with Crippen LogP contribution in [0.4, 0.5) is 0 Å². The van der Waals surface area contributed by atoms with Crippen molar-refractivity contribution in [2.45, 2.75) is 19.5 Å². The molecule has 4 aromatic rings. The molecule has 0 bridgehead atoms. The molecule has 4 rings (SSSR count). The van der Waals surface area contributed by atoms with E-state index < -0.39 is 0 Å². The van der Waals surface area contributed by atoms with Crippen molar-refractivity contribution in [1.82, 2.24) is 24.6 Å². The fourth-order valence-electron chi connectivity index (χ4n) is 3.21. The van der Waals surface area contributed by atoms with Crippen LogP contribution in [0.1, 0.15) is 11.1 Å². The normalized spacial score (nSPS) is 11.0. The van der Waals surface area contributed by atoms with Crippen molar-refractivity contribution in [1.29, 1.82) is 0 Å². The predicted molar refractivity (Wildman–Crippen MR) is 121 cm³/mol. The minimum Gasteiger partial charge on any atom is -0.354 e. The first-order valence-electron chi connectivity index (χ1n) is 9.66. The van der Waals surface area contributed by atoms with Crippen LogP contribution in [0.2, 0.25) is 10.0 Å². The number of rotatable bonds is 7. The van der Waals surface area contributed by atoms with E-state index in [0.29, 0.717) is 40.7 Å². The number of nitrogens with one attached hydrogen (secondary N) is 1. The van der Waals surface area contributed by atoms with E-state index in [9.17, 15) is 9.59 Å². The summed E-state index contributed by atoms with van der Waals surface area (Å²) in [4.78, 5) is 29.3. The predicted octanol–water partition coefficient (Wildman–Crippen LogP) is 3.31. The summed E-state index contributed by atoms with van der Waals surface area (Å²) in [5.41, 5.74) is 2.15. The number of aromatic nitrogens is 4. The van der Waals surface area contributed by atoms with Crippen molar-refractivity contribution in [3.8, 4) is 0 Å². The van der Waals surface area contributed by atoms with E-state index in [1.54, 1.807) is 28.9 Å². The summed E-state index contributed by atoms with van der Waals surface area (Å²) in [7, 11) is 0. The average molecular weight is 456 g/mol. The van der Waals surface area contributed by atoms with Gasteiger partial charge in [0.1, 0.15) is 11.7 Å². The monoisotopic (exact) mass is 455 g/mol. The Morgan fingerprint density at radius 2 is 1.61 bits per heavy atom. The van der Waals surface area contributed by atoms with Gasteiger partial charge in [0.15, 0.2) is 5.65 Å². The van der Waals surface area contributed by atoms with Gasteiger partial charge in [0.25, 0.3) is 5.56 Å². The van der Waals surface area contributed by atoms with Crippen LogP contribution in [0.25, 0.3) is 11.0 Å². The fraction of sp³-hybridized carbons (Fsp3) is 0.182. The van der Waals surface area contributed by atoms with E-state index in [4.69, 9.17) is 23.2 Å². The number of benzene rings is 2. The molecule has 0 saturated heterocycles. The first kappa shape index (κ1) is 21.1. The van der Waals surface area contributed by atoms with E-state index in [1.807, 2.05) is 24.3 Å². The van der Waals surface area contributed by atoms with Gasteiger partial charge in [0, 0.05) is 16.6 Å². The molecule has 0 aliphatic carbocycles. The molecule has 0 spiro atoms. The van der Waals surface area contributed by atoms with Gasteiger partial charge in [-0.3, -0.25) is 14.2 Å². The molecule has 31 heavy (non-hydrogen) atoms. The van der Waals surface area contributed by atoms with Crippen LogP contribution >= 0.6 is 23.2 Å². The van der Waals surface area contributed by atoms with Crippen LogP contribution in [0.5, 0.6) is 0 Å². The number of hydrogen-bond donors (Lipinski definition) is 1. The summed E-state index contributed by atoms with van der Waals surface area (Å²) in [6, 6.07) is 14.5. The molecule has 0 atom stereocenters. The zero-order valence-electron chi connectivity index (χ0n) is 16.5. The topological polar surface area (TPSA) is 81.8 Å². The third-order valence-corrected chi connectivity index (χ3v) is 5.32. The van der Waals surface area contributed by atoms with Gasteiger partial charge in [-0.1, -0.05) is 47.5 Å². The molecule has 0 radical (unpaired) electrons. The van der Waals surface area contributed by atoms with Crippen molar-refractivity contribution in [2.75, 3.05) is 6.54 Å². The molecule has 2 aromatic heterocycles. The van der Waals surface area contributed by atoms with E-state index in [0.717, 1.165) is 11.1 Å². The number of fused-ring (bicyclic) bond motifs is 1. The van der Waals surface area contributed by atoms with E-state index in [-0.39, 0.29) is 17.9 Å². The maximum Gasteiger partial charge on any atom is 0.264 e. The Kier molecular flexibility index (Phi) is 6.34. The number of hydrogen-bond acceptors (Lipinski definition) is 4. The SMILES string of the molecule is O=C(Cc1ccc(Cl)cc1)NCCn1ncc2c(=O)n(Cc3ccc(Cl)cc3)cnc21. The van der Waals surface area contributed by atoms with Gasteiger partial charge in [0.05, 0.1) is 25.7 Å². The quantitative estimate of drug-likeness (QED) is 0.463. The highest BCUT2D eigenvalue weighted by Gasteiger charge is 2.11. The Hall–Kier alpha value is -3.16. The second-order valence-corrected chi connectivity index (χ2v) is 7.94. The van der Waals surface area contributed by atoms with Crippen LogP contribution < -0.4 is 10.9 Å². The van der Waals surface area contributed by atoms with Gasteiger partial charge in [-0.2, -0.15) is 5.10 Å². The van der Waals surface area contributed by atoms with Gasteiger partial charge >= 0.3 is 0 Å². The van der Waals surface area contributed by atoms with E-state index in [2.05, 4.69) is 15.4 Å². The first-order chi connectivity index (χ1) is 15.0. The summed E-state index contributed by atoms with van der Waals surface area (Å²) in [5, 5.41) is 8.83. The van der Waals surface area contributed by atoms with Gasteiger partial charge in [-0.15, -0.1) is 0 Å². The zero-order chi connectivity index (χ0) is 21.8. The highest BCUT2D eigenvalue weighted by atomic mass is 35.5. The summed E-state index contributed by atoms with van der Waals surface area (Å²) in [5.74, 6) is -0.0999. The Balaban J connectivity index is 1.39. The van der Waals surface area contributed by atoms with Gasteiger partial charge in [-0.05, 0) is 35.4 Å². The lowest BCUT2D eigenvalue weighted by atomic mass is 10.1. The Bertz CT molecular complexity index is 1260. The van der Waals surface area contributed by atoms with Crippen molar-refractivity contribution < 1.29 is 4.79 Å². The number of carbonyl (C=O) groups excluding carboxylic acids is 1. The molecule has 1 N–H and O–H groups in total. The molecular weight excluding hydrogens is 437 g/mol. The lowest BCUT2D eigenvalue weighted by Crippen LogP contribution is -2.29. The summed E-state index contributed by atoms with van der Waals surface area (Å²) >= 11 is 11.8. The molecule has 0 aliphatic rings. The van der Waals surface area contributed by atoms with Crippen LogP contribution in [-0.2, 0) is 24.3 Å². The van der Waals surface area contributed by atoms with Crippen LogP contribution in [0.3, 0.4) is 0 Å². The molecule has 0 unspecified atom stereocenters. The van der Waals surface area contributed by atoms with Crippen LogP contribution in [0, 0.1) is 0 Å². The molecule has 0 aliphatic heterocycles. The van der Waals surface area contributed by atoms with Crippen LogP contribution in [-0.4, -0.2) is 31.8 Å². The highest BCUT2D eigenvalue weighted by molar-refractivity contribution is 6.30. The maximum absolute atomic E-state index is 12.8. The summed E-state index contributed by atoms with van der Waals surface area (Å²) in [6.07, 6.45) is 3.29. The first-order valence-corrected chi connectivity index (χ1v) is 10.4. The number of nitrogens with zero attached hydrogens (tertiary/aromatic N) is 4. The van der Waals surface area contributed by atoms with Crippen molar-refractivity contribution in [3.63, 3.8) is 0 Å². The van der Waals surface area contributed by atoms with Crippen LogP contribution in [0.15, 0.2) is 65.8 Å². The molecular formula is C22H19Cl2N5O2. The number of carbonyl (C=O) groups is 1.